The second-order valence-corrected chi connectivity index (χ2v) is 10.9. The van der Waals surface area contributed by atoms with Crippen LogP contribution in [-0.4, -0.2) is 19.6 Å². The lowest BCUT2D eigenvalue weighted by atomic mass is 10.00. The van der Waals surface area contributed by atoms with Crippen LogP contribution in [0.5, 0.6) is 0 Å². The third-order valence-corrected chi connectivity index (χ3v) is 6.93. The Kier molecular flexibility index (Phi) is 24.4. The van der Waals surface area contributed by atoms with Gasteiger partial charge in [-0.05, 0) is 19.3 Å². The fourth-order valence-corrected chi connectivity index (χ4v) is 4.69. The Balaban J connectivity index is 3.66. The Morgan fingerprint density at radius 1 is 0.636 bits per heavy atom. The number of allylic oxidation sites excluding steroid dienone is 1. The predicted octanol–water partition coefficient (Wildman–Crippen LogP) is 9.60. The van der Waals surface area contributed by atoms with Crippen molar-refractivity contribution in [3.05, 3.63) is 12.2 Å². The maximum Gasteiger partial charge on any atom is 0.397 e. The van der Waals surface area contributed by atoms with Gasteiger partial charge < -0.3 is 0 Å². The molecular weight excluding hydrogens is 432 g/mol. The number of unbranched alkanes of at least 4 members (excludes halogenated alkanes) is 19. The van der Waals surface area contributed by atoms with Crippen LogP contribution in [0, 0.1) is 5.92 Å². The summed E-state index contributed by atoms with van der Waals surface area (Å²) in [6.45, 7) is 4.52. The van der Waals surface area contributed by atoms with E-state index in [2.05, 4.69) is 30.2 Å². The molecule has 0 radical (unpaired) electrons. The van der Waals surface area contributed by atoms with Gasteiger partial charge in [-0.15, -0.1) is 0 Å². The highest BCUT2D eigenvalue weighted by Crippen LogP contribution is 2.16. The average molecular weight is 489 g/mol. The zero-order valence-electron chi connectivity index (χ0n) is 22.1. The third-order valence-electron chi connectivity index (χ3n) is 6.49. The molecule has 0 aliphatic rings. The van der Waals surface area contributed by atoms with Crippen molar-refractivity contribution in [2.45, 2.75) is 155 Å². The first-order valence-corrected chi connectivity index (χ1v) is 15.6. The SMILES string of the molecule is CCCCCCCCCCCCCCCCC/C=C/C(CCCCCCC)COS(=O)(=O)O. The first-order valence-electron chi connectivity index (χ1n) is 14.3. The summed E-state index contributed by atoms with van der Waals surface area (Å²) in [5.74, 6) is 0.0601. The average Bonchev–Trinajstić information content (AvgIpc) is 2.78. The van der Waals surface area contributed by atoms with Crippen molar-refractivity contribution in [3.63, 3.8) is 0 Å². The second-order valence-electron chi connectivity index (χ2n) is 9.84. The van der Waals surface area contributed by atoms with Gasteiger partial charge in [-0.25, -0.2) is 4.18 Å². The zero-order valence-corrected chi connectivity index (χ0v) is 22.9. The molecule has 198 valence electrons. The first kappa shape index (κ1) is 32.6. The predicted molar refractivity (Wildman–Crippen MR) is 143 cm³/mol. The normalized spacial score (nSPS) is 13.2. The van der Waals surface area contributed by atoms with E-state index in [1.54, 1.807) is 0 Å². The van der Waals surface area contributed by atoms with Crippen LogP contribution in [0.15, 0.2) is 12.2 Å². The van der Waals surface area contributed by atoms with E-state index in [1.165, 1.54) is 122 Å². The van der Waals surface area contributed by atoms with Gasteiger partial charge in [0.2, 0.25) is 0 Å². The van der Waals surface area contributed by atoms with Crippen molar-refractivity contribution in [2.24, 2.45) is 5.92 Å². The van der Waals surface area contributed by atoms with Crippen LogP contribution in [0.2, 0.25) is 0 Å². The smallest absolute Gasteiger partial charge is 0.264 e. The van der Waals surface area contributed by atoms with Crippen molar-refractivity contribution >= 4 is 10.4 Å². The zero-order chi connectivity index (χ0) is 24.5. The largest absolute Gasteiger partial charge is 0.397 e. The van der Waals surface area contributed by atoms with Crippen molar-refractivity contribution < 1.29 is 17.2 Å². The molecule has 0 heterocycles. The molecule has 0 amide bonds. The molecule has 33 heavy (non-hydrogen) atoms. The monoisotopic (exact) mass is 488 g/mol. The molecule has 1 atom stereocenters. The summed E-state index contributed by atoms with van der Waals surface area (Å²) in [7, 11) is -4.35. The molecule has 1 N–H and O–H groups in total. The maximum absolute atomic E-state index is 10.9. The number of hydrogen-bond acceptors (Lipinski definition) is 3. The lowest BCUT2D eigenvalue weighted by molar-refractivity contribution is 0.234. The Labute approximate surface area is 207 Å². The Morgan fingerprint density at radius 3 is 1.45 bits per heavy atom. The minimum absolute atomic E-state index is 0.0436. The topological polar surface area (TPSA) is 63.6 Å². The summed E-state index contributed by atoms with van der Waals surface area (Å²) in [6, 6.07) is 0. The van der Waals surface area contributed by atoms with Gasteiger partial charge in [-0.2, -0.15) is 8.42 Å². The van der Waals surface area contributed by atoms with Crippen LogP contribution < -0.4 is 0 Å². The second kappa shape index (κ2) is 24.7. The van der Waals surface area contributed by atoms with E-state index in [0.29, 0.717) is 0 Å². The molecule has 0 aromatic carbocycles. The van der Waals surface area contributed by atoms with Crippen LogP contribution in [-0.2, 0) is 14.6 Å². The molecule has 0 aliphatic carbocycles. The molecule has 0 rings (SSSR count). The summed E-state index contributed by atoms with van der Waals surface area (Å²) < 4.78 is 35.3. The van der Waals surface area contributed by atoms with Crippen molar-refractivity contribution in [3.8, 4) is 0 Å². The highest BCUT2D eigenvalue weighted by molar-refractivity contribution is 7.80. The molecule has 0 aromatic heterocycles. The third kappa shape index (κ3) is 27.7. The van der Waals surface area contributed by atoms with Crippen LogP contribution in [0.4, 0.5) is 0 Å². The Morgan fingerprint density at radius 2 is 1.03 bits per heavy atom. The van der Waals surface area contributed by atoms with E-state index in [-0.39, 0.29) is 12.5 Å². The van der Waals surface area contributed by atoms with Crippen molar-refractivity contribution in [1.29, 1.82) is 0 Å². The molecule has 0 aliphatic heterocycles. The van der Waals surface area contributed by atoms with Gasteiger partial charge in [0.25, 0.3) is 0 Å². The fourth-order valence-electron chi connectivity index (χ4n) is 4.34. The summed E-state index contributed by atoms with van der Waals surface area (Å²) in [6.07, 6.45) is 32.8. The van der Waals surface area contributed by atoms with E-state index in [4.69, 9.17) is 4.55 Å². The lowest BCUT2D eigenvalue weighted by Gasteiger charge is -2.12. The van der Waals surface area contributed by atoms with Gasteiger partial charge in [0.1, 0.15) is 0 Å². The van der Waals surface area contributed by atoms with Gasteiger partial charge in [-0.3, -0.25) is 4.55 Å². The molecule has 0 saturated carbocycles. The molecule has 5 heteroatoms. The number of hydrogen-bond donors (Lipinski definition) is 1. The van der Waals surface area contributed by atoms with Gasteiger partial charge in [0, 0.05) is 5.92 Å². The van der Waals surface area contributed by atoms with Crippen LogP contribution in [0.3, 0.4) is 0 Å². The van der Waals surface area contributed by atoms with Gasteiger partial charge >= 0.3 is 10.4 Å². The highest BCUT2D eigenvalue weighted by Gasteiger charge is 2.11. The Hall–Kier alpha value is -0.390. The summed E-state index contributed by atoms with van der Waals surface area (Å²) in [4.78, 5) is 0. The van der Waals surface area contributed by atoms with Crippen molar-refractivity contribution in [1.82, 2.24) is 0 Å². The van der Waals surface area contributed by atoms with E-state index in [0.717, 1.165) is 19.3 Å². The summed E-state index contributed by atoms with van der Waals surface area (Å²) >= 11 is 0. The van der Waals surface area contributed by atoms with Crippen LogP contribution in [0.25, 0.3) is 0 Å². The van der Waals surface area contributed by atoms with Crippen molar-refractivity contribution in [2.75, 3.05) is 6.61 Å². The molecule has 0 bridgehead atoms. The fraction of sp³-hybridized carbons (Fsp3) is 0.929. The quantitative estimate of drug-likeness (QED) is 0.0747. The number of rotatable bonds is 26. The van der Waals surface area contributed by atoms with E-state index in [1.807, 2.05) is 0 Å². The first-order chi connectivity index (χ1) is 16.0. The maximum atomic E-state index is 10.9. The minimum atomic E-state index is -4.35. The molecule has 4 nitrogen and oxygen atoms in total. The molecular formula is C28H56O4S. The standard InChI is InChI=1S/C28H56O4S/c1-3-5-7-9-10-11-12-13-14-15-16-17-18-19-20-22-24-26-28(27-32-33(29,30)31)25-23-21-8-6-4-2/h24,26,28H,3-23,25,27H2,1-2H3,(H,29,30,31)/b26-24+. The van der Waals surface area contributed by atoms with E-state index in [9.17, 15) is 8.42 Å². The molecule has 0 aromatic rings. The van der Waals surface area contributed by atoms with E-state index >= 15 is 0 Å². The lowest BCUT2D eigenvalue weighted by Crippen LogP contribution is -2.12. The highest BCUT2D eigenvalue weighted by atomic mass is 32.3. The van der Waals surface area contributed by atoms with E-state index < -0.39 is 10.4 Å². The van der Waals surface area contributed by atoms with Gasteiger partial charge in [0.05, 0.1) is 6.61 Å². The van der Waals surface area contributed by atoms with Gasteiger partial charge in [0.15, 0.2) is 0 Å². The minimum Gasteiger partial charge on any atom is -0.264 e. The molecule has 0 saturated heterocycles. The Bertz CT molecular complexity index is 516. The van der Waals surface area contributed by atoms with Crippen LogP contribution in [0.1, 0.15) is 155 Å². The molecule has 1 unspecified atom stereocenters. The summed E-state index contributed by atoms with van der Waals surface area (Å²) in [5.41, 5.74) is 0. The molecule has 0 spiro atoms. The molecule has 0 fully saturated rings. The summed E-state index contributed by atoms with van der Waals surface area (Å²) in [5, 5.41) is 0. The van der Waals surface area contributed by atoms with Gasteiger partial charge in [-0.1, -0.05) is 148 Å². The van der Waals surface area contributed by atoms with Crippen LogP contribution >= 0.6 is 0 Å².